The van der Waals surface area contributed by atoms with E-state index >= 15 is 0 Å². The Morgan fingerprint density at radius 1 is 1.18 bits per heavy atom. The molecule has 204 valence electrons. The monoisotopic (exact) mass is 531 g/mol. The number of likely N-dealkylation sites (tertiary alicyclic amines) is 1. The van der Waals surface area contributed by atoms with E-state index in [1.807, 2.05) is 31.3 Å². The quantitative estimate of drug-likeness (QED) is 0.219. The third-order valence-electron chi connectivity index (χ3n) is 7.29. The number of carbonyl (C=O) groups excluding carboxylic acids is 1. The van der Waals surface area contributed by atoms with Crippen LogP contribution in [-0.2, 0) is 11.2 Å². The molecule has 0 bridgehead atoms. The molecule has 38 heavy (non-hydrogen) atoms. The Morgan fingerprint density at radius 2 is 1.95 bits per heavy atom. The molecule has 1 aliphatic rings. The summed E-state index contributed by atoms with van der Waals surface area (Å²) in [6.07, 6.45) is 5.46. The summed E-state index contributed by atoms with van der Waals surface area (Å²) in [4.78, 5) is 18.9. The molecule has 3 aromatic rings. The van der Waals surface area contributed by atoms with Gasteiger partial charge < -0.3 is 9.47 Å². The number of halogens is 3. The maximum atomic E-state index is 13.5. The molecule has 2 N–H and O–H groups in total. The van der Waals surface area contributed by atoms with Crippen LogP contribution >= 0.6 is 0 Å². The Balaban J connectivity index is 1.42. The number of aromatic nitrogens is 1. The number of piperidine rings is 1. The first-order valence-electron chi connectivity index (χ1n) is 12.7. The molecule has 0 radical (unpaired) electrons. The predicted octanol–water partition coefficient (Wildman–Crippen LogP) is 4.96. The summed E-state index contributed by atoms with van der Waals surface area (Å²) < 4.78 is 51.1. The standard InChI is InChI=1S/C28H32F3N3O4/c1-17-16-32-26-7-6-20(37-2)13-23(26)22(17)5-3-4-19-12-18(28(35)33-36)8-9-34(19)10-11-38-21-14-24(29)27(31)25(30)15-21/h6-7,13-16,18-19,36H,3-5,8-12H2,1-2H3,(H,33,35). The average Bonchev–Trinajstić information content (AvgIpc) is 2.92. The van der Waals surface area contributed by atoms with Crippen LogP contribution in [0.2, 0.25) is 0 Å². The van der Waals surface area contributed by atoms with Crippen molar-refractivity contribution < 1.29 is 32.6 Å². The number of ether oxygens (including phenoxy) is 2. The van der Waals surface area contributed by atoms with E-state index in [0.29, 0.717) is 25.9 Å². The molecule has 7 nitrogen and oxygen atoms in total. The predicted molar refractivity (Wildman–Crippen MR) is 136 cm³/mol. The van der Waals surface area contributed by atoms with Crippen LogP contribution in [0.3, 0.4) is 0 Å². The van der Waals surface area contributed by atoms with Crippen molar-refractivity contribution in [2.45, 2.75) is 45.1 Å². The highest BCUT2D eigenvalue weighted by Crippen LogP contribution is 2.29. The second-order valence-electron chi connectivity index (χ2n) is 9.63. The first-order chi connectivity index (χ1) is 18.3. The smallest absolute Gasteiger partial charge is 0.246 e. The lowest BCUT2D eigenvalue weighted by Crippen LogP contribution is -2.47. The van der Waals surface area contributed by atoms with Crippen LogP contribution in [0, 0.1) is 30.3 Å². The highest BCUT2D eigenvalue weighted by Gasteiger charge is 2.32. The molecule has 2 aromatic carbocycles. The summed E-state index contributed by atoms with van der Waals surface area (Å²) in [6, 6.07) is 7.51. The molecule has 1 amide bonds. The number of nitrogens with one attached hydrogen (secondary N) is 1. The van der Waals surface area contributed by atoms with Crippen molar-refractivity contribution in [1.82, 2.24) is 15.4 Å². The van der Waals surface area contributed by atoms with Crippen molar-refractivity contribution >= 4 is 16.8 Å². The Hall–Kier alpha value is -3.37. The van der Waals surface area contributed by atoms with Crippen molar-refractivity contribution in [2.24, 2.45) is 5.92 Å². The third-order valence-corrected chi connectivity index (χ3v) is 7.29. The van der Waals surface area contributed by atoms with Gasteiger partial charge in [-0.05, 0) is 74.9 Å². The molecule has 0 spiro atoms. The van der Waals surface area contributed by atoms with Crippen LogP contribution in [-0.4, -0.2) is 53.8 Å². The van der Waals surface area contributed by atoms with E-state index in [2.05, 4.69) is 9.88 Å². The number of hydroxylamine groups is 1. The minimum absolute atomic E-state index is 0.0410. The summed E-state index contributed by atoms with van der Waals surface area (Å²) in [5.74, 6) is -4.15. The Labute approximate surface area is 219 Å². The Kier molecular flexibility index (Phi) is 9.06. The lowest BCUT2D eigenvalue weighted by atomic mass is 9.87. The van der Waals surface area contributed by atoms with Gasteiger partial charge in [-0.3, -0.25) is 19.9 Å². The molecular weight excluding hydrogens is 499 g/mol. The van der Waals surface area contributed by atoms with Gasteiger partial charge in [-0.25, -0.2) is 18.7 Å². The second-order valence-corrected chi connectivity index (χ2v) is 9.63. The highest BCUT2D eigenvalue weighted by molar-refractivity contribution is 5.84. The summed E-state index contributed by atoms with van der Waals surface area (Å²) in [5, 5.41) is 10.2. The second kappa shape index (κ2) is 12.4. The van der Waals surface area contributed by atoms with Crippen molar-refractivity contribution in [3.8, 4) is 11.5 Å². The van der Waals surface area contributed by atoms with Gasteiger partial charge in [0.15, 0.2) is 17.5 Å². The SMILES string of the molecule is COc1ccc2ncc(C)c(CCCC3CC(C(=O)NO)CCN3CCOc3cc(F)c(F)c(F)c3)c2c1. The van der Waals surface area contributed by atoms with Gasteiger partial charge in [0.1, 0.15) is 18.1 Å². The first kappa shape index (κ1) is 27.7. The molecule has 2 unspecified atom stereocenters. The van der Waals surface area contributed by atoms with E-state index in [-0.39, 0.29) is 24.3 Å². The zero-order chi connectivity index (χ0) is 27.2. The topological polar surface area (TPSA) is 83.9 Å². The number of amides is 1. The molecule has 1 aliphatic heterocycles. The molecule has 1 aromatic heterocycles. The van der Waals surface area contributed by atoms with E-state index in [0.717, 1.165) is 53.6 Å². The number of rotatable bonds is 10. The fraction of sp³-hybridized carbons (Fsp3) is 0.429. The molecule has 1 saturated heterocycles. The fourth-order valence-electron chi connectivity index (χ4n) is 5.22. The molecule has 1 fully saturated rings. The molecule has 2 atom stereocenters. The number of methoxy groups -OCH3 is 1. The zero-order valence-corrected chi connectivity index (χ0v) is 21.5. The average molecular weight is 532 g/mol. The minimum atomic E-state index is -1.53. The minimum Gasteiger partial charge on any atom is -0.497 e. The van der Waals surface area contributed by atoms with Gasteiger partial charge in [0.2, 0.25) is 5.91 Å². The van der Waals surface area contributed by atoms with Crippen LogP contribution in [0.25, 0.3) is 10.9 Å². The third kappa shape index (κ3) is 6.36. The maximum Gasteiger partial charge on any atom is 0.246 e. The Morgan fingerprint density at radius 3 is 2.66 bits per heavy atom. The van der Waals surface area contributed by atoms with Crippen LogP contribution in [0.4, 0.5) is 13.2 Å². The number of carbonyl (C=O) groups is 1. The number of nitrogens with zero attached hydrogens (tertiary/aromatic N) is 2. The van der Waals surface area contributed by atoms with Crippen LogP contribution in [0.5, 0.6) is 11.5 Å². The van der Waals surface area contributed by atoms with Gasteiger partial charge in [0.05, 0.1) is 12.6 Å². The molecule has 0 saturated carbocycles. The van der Waals surface area contributed by atoms with Crippen molar-refractivity contribution in [2.75, 3.05) is 26.8 Å². The van der Waals surface area contributed by atoms with Crippen molar-refractivity contribution in [3.63, 3.8) is 0 Å². The summed E-state index contributed by atoms with van der Waals surface area (Å²) in [5.41, 5.74) is 4.96. The molecule has 2 heterocycles. The molecule has 0 aliphatic carbocycles. The number of hydrogen-bond donors (Lipinski definition) is 2. The van der Waals surface area contributed by atoms with Crippen LogP contribution in [0.15, 0.2) is 36.5 Å². The van der Waals surface area contributed by atoms with E-state index in [1.165, 1.54) is 5.56 Å². The number of fused-ring (bicyclic) bond motifs is 1. The van der Waals surface area contributed by atoms with E-state index in [1.54, 1.807) is 12.6 Å². The Bertz CT molecular complexity index is 1270. The maximum absolute atomic E-state index is 13.5. The summed E-state index contributed by atoms with van der Waals surface area (Å²) in [7, 11) is 1.63. The molecular formula is C28H32F3N3O4. The zero-order valence-electron chi connectivity index (χ0n) is 21.5. The van der Waals surface area contributed by atoms with Gasteiger partial charge in [-0.15, -0.1) is 0 Å². The summed E-state index contributed by atoms with van der Waals surface area (Å²) in [6.45, 7) is 3.25. The lowest BCUT2D eigenvalue weighted by Gasteiger charge is -2.39. The number of benzene rings is 2. The fourth-order valence-corrected chi connectivity index (χ4v) is 5.22. The lowest BCUT2D eigenvalue weighted by molar-refractivity contribution is -0.135. The molecule has 10 heteroatoms. The van der Waals surface area contributed by atoms with Crippen LogP contribution < -0.4 is 15.0 Å². The van der Waals surface area contributed by atoms with E-state index in [9.17, 15) is 18.0 Å². The van der Waals surface area contributed by atoms with Crippen molar-refractivity contribution in [1.29, 1.82) is 0 Å². The number of hydrogen-bond acceptors (Lipinski definition) is 6. The normalized spacial score (nSPS) is 17.9. The van der Waals surface area contributed by atoms with Gasteiger partial charge >= 0.3 is 0 Å². The van der Waals surface area contributed by atoms with E-state index in [4.69, 9.17) is 14.7 Å². The molecule has 4 rings (SSSR count). The summed E-state index contributed by atoms with van der Waals surface area (Å²) >= 11 is 0. The number of pyridine rings is 1. The largest absolute Gasteiger partial charge is 0.497 e. The number of aryl methyl sites for hydroxylation is 2. The van der Waals surface area contributed by atoms with Crippen LogP contribution in [0.1, 0.15) is 36.8 Å². The van der Waals surface area contributed by atoms with E-state index < -0.39 is 23.4 Å². The first-order valence-corrected chi connectivity index (χ1v) is 12.7. The van der Waals surface area contributed by atoms with Gasteiger partial charge in [-0.2, -0.15) is 0 Å². The highest BCUT2D eigenvalue weighted by atomic mass is 19.2. The van der Waals surface area contributed by atoms with Gasteiger partial charge in [0.25, 0.3) is 0 Å². The van der Waals surface area contributed by atoms with Crippen molar-refractivity contribution in [3.05, 3.63) is 65.1 Å². The van der Waals surface area contributed by atoms with Gasteiger partial charge in [-0.1, -0.05) is 0 Å². The van der Waals surface area contributed by atoms with Gasteiger partial charge in [0, 0.05) is 42.2 Å².